The van der Waals surface area contributed by atoms with Crippen molar-refractivity contribution in [1.29, 1.82) is 0 Å². The summed E-state index contributed by atoms with van der Waals surface area (Å²) in [5.74, 6) is -0.0259. The number of carbonyl (C=O) groups excluding carboxylic acids is 1. The van der Waals surface area contributed by atoms with Crippen LogP contribution >= 0.6 is 11.6 Å². The van der Waals surface area contributed by atoms with Gasteiger partial charge in [0.2, 0.25) is 0 Å². The maximum absolute atomic E-state index is 11.4. The molecular weight excluding hydrogens is 202 g/mol. The van der Waals surface area contributed by atoms with Gasteiger partial charge in [0.05, 0.1) is 12.2 Å². The molecule has 0 aliphatic carbocycles. The fraction of sp³-hybridized carbons (Fsp3) is 0.400. The lowest BCUT2D eigenvalue weighted by atomic mass is 10.2. The molecule has 0 saturated heterocycles. The Kier molecular flexibility index (Phi) is 3.89. The van der Waals surface area contributed by atoms with Crippen LogP contribution in [0, 0.1) is 5.92 Å². The molecule has 0 atom stereocenters. The summed E-state index contributed by atoms with van der Waals surface area (Å²) in [5.41, 5.74) is 0.426. The molecule has 0 amide bonds. The van der Waals surface area contributed by atoms with Gasteiger partial charge in [0.15, 0.2) is 0 Å². The van der Waals surface area contributed by atoms with E-state index in [0.29, 0.717) is 23.2 Å². The third-order valence-electron chi connectivity index (χ3n) is 1.51. The van der Waals surface area contributed by atoms with Gasteiger partial charge >= 0.3 is 5.97 Å². The minimum atomic E-state index is -0.358. The van der Waals surface area contributed by atoms with Gasteiger partial charge in [-0.25, -0.2) is 9.78 Å². The van der Waals surface area contributed by atoms with Crippen LogP contribution in [0.15, 0.2) is 18.3 Å². The monoisotopic (exact) mass is 213 g/mol. The van der Waals surface area contributed by atoms with Gasteiger partial charge in [-0.3, -0.25) is 0 Å². The van der Waals surface area contributed by atoms with Crippen LogP contribution in [-0.4, -0.2) is 17.6 Å². The quantitative estimate of drug-likeness (QED) is 0.572. The number of pyridine rings is 1. The predicted molar refractivity (Wildman–Crippen MR) is 54.4 cm³/mol. The minimum Gasteiger partial charge on any atom is -0.462 e. The Labute approximate surface area is 88.1 Å². The van der Waals surface area contributed by atoms with Gasteiger partial charge in [-0.05, 0) is 18.1 Å². The zero-order chi connectivity index (χ0) is 10.6. The Morgan fingerprint density at radius 3 is 2.79 bits per heavy atom. The Balaban J connectivity index is 2.57. The van der Waals surface area contributed by atoms with Crippen molar-refractivity contribution in [3.05, 3.63) is 29.0 Å². The fourth-order valence-electron chi connectivity index (χ4n) is 0.822. The van der Waals surface area contributed by atoms with E-state index in [1.54, 1.807) is 12.1 Å². The Hall–Kier alpha value is -1.09. The largest absolute Gasteiger partial charge is 0.462 e. The molecule has 0 fully saturated rings. The summed E-state index contributed by atoms with van der Waals surface area (Å²) in [6.45, 7) is 4.38. The molecule has 0 aliphatic heterocycles. The highest BCUT2D eigenvalue weighted by molar-refractivity contribution is 6.29. The number of aromatic nitrogens is 1. The highest BCUT2D eigenvalue weighted by atomic mass is 35.5. The minimum absolute atomic E-state index is 0.333. The number of esters is 1. The maximum Gasteiger partial charge on any atom is 0.339 e. The van der Waals surface area contributed by atoms with Crippen LogP contribution < -0.4 is 0 Å². The van der Waals surface area contributed by atoms with E-state index >= 15 is 0 Å². The zero-order valence-electron chi connectivity index (χ0n) is 8.16. The first-order valence-corrected chi connectivity index (χ1v) is 4.76. The number of rotatable bonds is 3. The fourth-order valence-corrected chi connectivity index (χ4v) is 0.934. The van der Waals surface area contributed by atoms with Crippen molar-refractivity contribution in [2.24, 2.45) is 5.92 Å². The maximum atomic E-state index is 11.4. The number of hydrogen-bond acceptors (Lipinski definition) is 3. The van der Waals surface area contributed by atoms with E-state index in [-0.39, 0.29) is 5.97 Å². The molecule has 1 aromatic heterocycles. The van der Waals surface area contributed by atoms with Crippen LogP contribution in [0.2, 0.25) is 5.15 Å². The number of ether oxygens (including phenoxy) is 1. The predicted octanol–water partition coefficient (Wildman–Crippen LogP) is 2.55. The van der Waals surface area contributed by atoms with Gasteiger partial charge in [-0.15, -0.1) is 0 Å². The molecule has 0 aliphatic rings. The van der Waals surface area contributed by atoms with E-state index in [1.807, 2.05) is 13.8 Å². The topological polar surface area (TPSA) is 39.2 Å². The van der Waals surface area contributed by atoms with E-state index in [9.17, 15) is 4.79 Å². The van der Waals surface area contributed by atoms with Crippen molar-refractivity contribution in [1.82, 2.24) is 4.98 Å². The second-order valence-corrected chi connectivity index (χ2v) is 3.75. The first-order chi connectivity index (χ1) is 6.59. The highest BCUT2D eigenvalue weighted by Gasteiger charge is 2.07. The summed E-state index contributed by atoms with van der Waals surface area (Å²) >= 11 is 5.58. The van der Waals surface area contributed by atoms with Crippen molar-refractivity contribution < 1.29 is 9.53 Å². The molecule has 76 valence electrons. The van der Waals surface area contributed by atoms with Gasteiger partial charge in [0.25, 0.3) is 0 Å². The van der Waals surface area contributed by atoms with Gasteiger partial charge in [-0.2, -0.15) is 0 Å². The Morgan fingerprint density at radius 2 is 2.29 bits per heavy atom. The molecule has 0 saturated carbocycles. The lowest BCUT2D eigenvalue weighted by Gasteiger charge is -2.06. The van der Waals surface area contributed by atoms with Crippen LogP contribution in [0.4, 0.5) is 0 Å². The summed E-state index contributed by atoms with van der Waals surface area (Å²) in [4.78, 5) is 15.1. The second-order valence-electron chi connectivity index (χ2n) is 3.36. The second kappa shape index (κ2) is 4.96. The molecule has 0 aromatic carbocycles. The molecular formula is C10H12ClNO2. The Bertz CT molecular complexity index is 308. The molecule has 3 nitrogen and oxygen atoms in total. The molecule has 1 heterocycles. The molecule has 4 heteroatoms. The Morgan fingerprint density at radius 1 is 1.57 bits per heavy atom. The zero-order valence-corrected chi connectivity index (χ0v) is 8.91. The summed E-state index contributed by atoms with van der Waals surface area (Å²) in [5, 5.41) is 0.366. The van der Waals surface area contributed by atoms with Gasteiger partial charge in [-0.1, -0.05) is 25.4 Å². The smallest absolute Gasteiger partial charge is 0.339 e. The molecule has 0 unspecified atom stereocenters. The normalized spacial score (nSPS) is 10.3. The van der Waals surface area contributed by atoms with Crippen LogP contribution in [-0.2, 0) is 4.74 Å². The van der Waals surface area contributed by atoms with Gasteiger partial charge in [0, 0.05) is 6.20 Å². The lowest BCUT2D eigenvalue weighted by Crippen LogP contribution is -2.10. The molecule has 0 N–H and O–H groups in total. The lowest BCUT2D eigenvalue weighted by molar-refractivity contribution is 0.0458. The first kappa shape index (κ1) is 11.0. The van der Waals surface area contributed by atoms with Gasteiger partial charge < -0.3 is 4.74 Å². The standard InChI is InChI=1S/C10H12ClNO2/c1-7(2)6-14-10(13)8-3-4-9(11)12-5-8/h3-5,7H,6H2,1-2H3. The third-order valence-corrected chi connectivity index (χ3v) is 1.73. The SMILES string of the molecule is CC(C)COC(=O)c1ccc(Cl)nc1. The van der Waals surface area contributed by atoms with E-state index in [2.05, 4.69) is 4.98 Å². The van der Waals surface area contributed by atoms with Crippen LogP contribution in [0.25, 0.3) is 0 Å². The number of carbonyl (C=O) groups is 1. The average Bonchev–Trinajstić information content (AvgIpc) is 2.15. The summed E-state index contributed by atoms with van der Waals surface area (Å²) in [6, 6.07) is 3.16. The van der Waals surface area contributed by atoms with E-state index in [1.165, 1.54) is 6.20 Å². The van der Waals surface area contributed by atoms with Crippen molar-refractivity contribution in [3.8, 4) is 0 Å². The molecule has 0 spiro atoms. The molecule has 14 heavy (non-hydrogen) atoms. The first-order valence-electron chi connectivity index (χ1n) is 4.38. The van der Waals surface area contributed by atoms with Crippen LogP contribution in [0.3, 0.4) is 0 Å². The van der Waals surface area contributed by atoms with E-state index < -0.39 is 0 Å². The molecule has 1 rings (SSSR count). The van der Waals surface area contributed by atoms with Crippen molar-refractivity contribution in [2.75, 3.05) is 6.61 Å². The van der Waals surface area contributed by atoms with E-state index in [0.717, 1.165) is 0 Å². The summed E-state index contributed by atoms with van der Waals surface area (Å²) < 4.78 is 5.01. The molecule has 0 bridgehead atoms. The van der Waals surface area contributed by atoms with Crippen LogP contribution in [0.1, 0.15) is 24.2 Å². The summed E-state index contributed by atoms with van der Waals surface area (Å²) in [7, 11) is 0. The summed E-state index contributed by atoms with van der Waals surface area (Å²) in [6.07, 6.45) is 1.41. The average molecular weight is 214 g/mol. The number of nitrogens with zero attached hydrogens (tertiary/aromatic N) is 1. The van der Waals surface area contributed by atoms with Crippen LogP contribution in [0.5, 0.6) is 0 Å². The van der Waals surface area contributed by atoms with Crippen molar-refractivity contribution in [3.63, 3.8) is 0 Å². The van der Waals surface area contributed by atoms with Crippen molar-refractivity contribution in [2.45, 2.75) is 13.8 Å². The van der Waals surface area contributed by atoms with E-state index in [4.69, 9.17) is 16.3 Å². The highest BCUT2D eigenvalue weighted by Crippen LogP contribution is 2.07. The number of hydrogen-bond donors (Lipinski definition) is 0. The third kappa shape index (κ3) is 3.34. The molecule has 1 aromatic rings. The van der Waals surface area contributed by atoms with Gasteiger partial charge in [0.1, 0.15) is 5.15 Å². The van der Waals surface area contributed by atoms with Crippen molar-refractivity contribution >= 4 is 17.6 Å². The molecule has 0 radical (unpaired) electrons. The number of halogens is 1.